The molecule has 3 rings (SSSR count). The largest absolute Gasteiger partial charge is 0.488 e. The summed E-state index contributed by atoms with van der Waals surface area (Å²) in [5.74, 6) is 1.71. The molecule has 1 aromatic heterocycles. The predicted molar refractivity (Wildman–Crippen MR) is 82.0 cm³/mol. The van der Waals surface area contributed by atoms with Gasteiger partial charge in [0.15, 0.2) is 0 Å². The third-order valence-corrected chi connectivity index (χ3v) is 6.09. The summed E-state index contributed by atoms with van der Waals surface area (Å²) in [6.45, 7) is 10.2. The molecule has 2 saturated carbocycles. The first-order chi connectivity index (χ1) is 9.47. The molecule has 1 heterocycles. The van der Waals surface area contributed by atoms with Crippen LogP contribution in [0.2, 0.25) is 0 Å². The van der Waals surface area contributed by atoms with E-state index in [9.17, 15) is 0 Å². The van der Waals surface area contributed by atoms with Crippen LogP contribution in [0.1, 0.15) is 47.0 Å². The standard InChI is InChI=1S/C17H26N2O/c1-5-19-13-9-14(11-18-10-13)20-15-8-12-6-7-17(15,4)16(12,2)3/h9-12,15,19H,5-8H2,1-4H3. The van der Waals surface area contributed by atoms with Gasteiger partial charge in [0.1, 0.15) is 11.9 Å². The van der Waals surface area contributed by atoms with Crippen LogP contribution in [-0.2, 0) is 0 Å². The summed E-state index contributed by atoms with van der Waals surface area (Å²) < 4.78 is 6.33. The molecule has 1 N–H and O–H groups in total. The molecule has 2 bridgehead atoms. The molecule has 3 nitrogen and oxygen atoms in total. The van der Waals surface area contributed by atoms with E-state index in [1.807, 2.05) is 12.4 Å². The van der Waals surface area contributed by atoms with E-state index in [1.165, 1.54) is 19.3 Å². The lowest BCUT2D eigenvalue weighted by atomic mass is 9.70. The molecule has 110 valence electrons. The number of fused-ring (bicyclic) bond motifs is 2. The number of aromatic nitrogens is 1. The fourth-order valence-corrected chi connectivity index (χ4v) is 4.26. The Labute approximate surface area is 122 Å². The molecule has 0 aliphatic heterocycles. The van der Waals surface area contributed by atoms with E-state index in [4.69, 9.17) is 4.74 Å². The number of hydrogen-bond donors (Lipinski definition) is 1. The van der Waals surface area contributed by atoms with Crippen molar-refractivity contribution in [3.05, 3.63) is 18.5 Å². The van der Waals surface area contributed by atoms with Gasteiger partial charge in [-0.25, -0.2) is 0 Å². The number of anilines is 1. The summed E-state index contributed by atoms with van der Waals surface area (Å²) in [6.07, 6.45) is 7.85. The number of hydrogen-bond acceptors (Lipinski definition) is 3. The third-order valence-electron chi connectivity index (χ3n) is 6.09. The van der Waals surface area contributed by atoms with Crippen molar-refractivity contribution < 1.29 is 4.74 Å². The van der Waals surface area contributed by atoms with E-state index in [1.54, 1.807) is 0 Å². The van der Waals surface area contributed by atoms with Crippen LogP contribution in [0.4, 0.5) is 5.69 Å². The van der Waals surface area contributed by atoms with Crippen LogP contribution in [0.15, 0.2) is 18.5 Å². The normalized spacial score (nSPS) is 34.2. The average molecular weight is 274 g/mol. The van der Waals surface area contributed by atoms with E-state index in [0.29, 0.717) is 16.9 Å². The Balaban J connectivity index is 1.78. The zero-order valence-corrected chi connectivity index (χ0v) is 13.1. The van der Waals surface area contributed by atoms with Crippen LogP contribution in [0.25, 0.3) is 0 Å². The summed E-state index contributed by atoms with van der Waals surface area (Å²) in [6, 6.07) is 2.07. The van der Waals surface area contributed by atoms with Gasteiger partial charge in [0.2, 0.25) is 0 Å². The number of nitrogens with zero attached hydrogens (tertiary/aromatic N) is 1. The van der Waals surface area contributed by atoms with Crippen LogP contribution in [-0.4, -0.2) is 17.6 Å². The van der Waals surface area contributed by atoms with Crippen LogP contribution in [0, 0.1) is 16.7 Å². The number of nitrogens with one attached hydrogen (secondary N) is 1. The monoisotopic (exact) mass is 274 g/mol. The Bertz CT molecular complexity index is 500. The van der Waals surface area contributed by atoms with Crippen molar-refractivity contribution in [2.45, 2.75) is 53.1 Å². The van der Waals surface area contributed by atoms with E-state index in [-0.39, 0.29) is 0 Å². The zero-order chi connectivity index (χ0) is 14.4. The second kappa shape index (κ2) is 4.64. The second-order valence-electron chi connectivity index (χ2n) is 7.16. The van der Waals surface area contributed by atoms with E-state index >= 15 is 0 Å². The van der Waals surface area contributed by atoms with Crippen molar-refractivity contribution in [1.29, 1.82) is 0 Å². The Morgan fingerprint density at radius 3 is 2.75 bits per heavy atom. The highest BCUT2D eigenvalue weighted by molar-refractivity contribution is 5.45. The molecule has 3 atom stereocenters. The van der Waals surface area contributed by atoms with Crippen molar-refractivity contribution in [1.82, 2.24) is 4.98 Å². The summed E-state index contributed by atoms with van der Waals surface area (Å²) >= 11 is 0. The number of ether oxygens (including phenoxy) is 1. The van der Waals surface area contributed by atoms with Gasteiger partial charge in [-0.1, -0.05) is 20.8 Å². The molecule has 20 heavy (non-hydrogen) atoms. The van der Waals surface area contributed by atoms with Crippen LogP contribution in [0.3, 0.4) is 0 Å². The van der Waals surface area contributed by atoms with Crippen molar-refractivity contribution in [2.24, 2.45) is 16.7 Å². The molecule has 3 heteroatoms. The highest BCUT2D eigenvalue weighted by atomic mass is 16.5. The van der Waals surface area contributed by atoms with Crippen LogP contribution in [0.5, 0.6) is 5.75 Å². The minimum Gasteiger partial charge on any atom is -0.488 e. The maximum Gasteiger partial charge on any atom is 0.140 e. The second-order valence-corrected chi connectivity index (χ2v) is 7.16. The lowest BCUT2D eigenvalue weighted by molar-refractivity contribution is 0.0300. The number of pyridine rings is 1. The van der Waals surface area contributed by atoms with Gasteiger partial charge in [0.25, 0.3) is 0 Å². The molecule has 1 aromatic rings. The number of rotatable bonds is 4. The molecule has 0 saturated heterocycles. The van der Waals surface area contributed by atoms with Gasteiger partial charge in [-0.2, -0.15) is 0 Å². The molecular formula is C17H26N2O. The maximum atomic E-state index is 6.33. The van der Waals surface area contributed by atoms with Gasteiger partial charge in [-0.05, 0) is 37.5 Å². The summed E-state index contributed by atoms with van der Waals surface area (Å²) in [5, 5.41) is 3.29. The topological polar surface area (TPSA) is 34.2 Å². The first-order valence-corrected chi connectivity index (χ1v) is 7.83. The molecular weight excluding hydrogens is 248 g/mol. The Hall–Kier alpha value is -1.25. The van der Waals surface area contributed by atoms with Crippen molar-refractivity contribution in [3.8, 4) is 5.75 Å². The zero-order valence-electron chi connectivity index (χ0n) is 13.1. The minimum absolute atomic E-state index is 0.297. The Morgan fingerprint density at radius 1 is 1.35 bits per heavy atom. The predicted octanol–water partition coefficient (Wildman–Crippen LogP) is 4.11. The van der Waals surface area contributed by atoms with E-state index < -0.39 is 0 Å². The summed E-state index contributed by atoms with van der Waals surface area (Å²) in [5.41, 5.74) is 1.73. The van der Waals surface area contributed by atoms with Gasteiger partial charge in [0, 0.05) is 18.0 Å². The van der Waals surface area contributed by atoms with E-state index in [0.717, 1.165) is 23.9 Å². The van der Waals surface area contributed by atoms with Crippen molar-refractivity contribution in [2.75, 3.05) is 11.9 Å². The SMILES string of the molecule is CCNc1cncc(OC2CC3CCC2(C)C3(C)C)c1. The fourth-order valence-electron chi connectivity index (χ4n) is 4.26. The van der Waals surface area contributed by atoms with Gasteiger partial charge < -0.3 is 10.1 Å². The molecule has 0 aromatic carbocycles. The van der Waals surface area contributed by atoms with Gasteiger partial charge in [-0.3, -0.25) is 4.98 Å². The molecule has 0 spiro atoms. The highest BCUT2D eigenvalue weighted by Gasteiger charge is 2.62. The summed E-state index contributed by atoms with van der Waals surface area (Å²) in [7, 11) is 0. The Morgan fingerprint density at radius 2 is 2.15 bits per heavy atom. The van der Waals surface area contributed by atoms with Gasteiger partial charge >= 0.3 is 0 Å². The van der Waals surface area contributed by atoms with Crippen LogP contribution < -0.4 is 10.1 Å². The third kappa shape index (κ3) is 1.90. The van der Waals surface area contributed by atoms with E-state index in [2.05, 4.69) is 44.1 Å². The molecule has 0 radical (unpaired) electrons. The van der Waals surface area contributed by atoms with Gasteiger partial charge in [0.05, 0.1) is 18.1 Å². The van der Waals surface area contributed by atoms with Crippen molar-refractivity contribution >= 4 is 5.69 Å². The quantitative estimate of drug-likeness (QED) is 0.897. The molecule has 0 amide bonds. The van der Waals surface area contributed by atoms with Gasteiger partial charge in [-0.15, -0.1) is 0 Å². The lowest BCUT2D eigenvalue weighted by Crippen LogP contribution is -2.38. The Kier molecular flexibility index (Phi) is 3.19. The first kappa shape index (κ1) is 13.7. The minimum atomic E-state index is 0.297. The smallest absolute Gasteiger partial charge is 0.140 e. The lowest BCUT2D eigenvalue weighted by Gasteiger charge is -2.38. The van der Waals surface area contributed by atoms with Crippen LogP contribution >= 0.6 is 0 Å². The first-order valence-electron chi connectivity index (χ1n) is 7.83. The molecule has 3 unspecified atom stereocenters. The highest BCUT2D eigenvalue weighted by Crippen LogP contribution is 2.66. The fraction of sp³-hybridized carbons (Fsp3) is 0.706. The summed E-state index contributed by atoms with van der Waals surface area (Å²) in [4.78, 5) is 4.28. The molecule has 2 aliphatic carbocycles. The maximum absolute atomic E-state index is 6.33. The average Bonchev–Trinajstić information content (AvgIpc) is 2.73. The van der Waals surface area contributed by atoms with Crippen molar-refractivity contribution in [3.63, 3.8) is 0 Å². The molecule has 2 fully saturated rings. The molecule has 2 aliphatic rings.